The molecule has 1 aromatic carbocycles. The lowest BCUT2D eigenvalue weighted by molar-refractivity contribution is -0.0513. The number of phenols is 1. The number of methoxy groups -OCH3 is 1. The lowest BCUT2D eigenvalue weighted by atomic mass is 10.0. The Morgan fingerprint density at radius 1 is 1.41 bits per heavy atom. The van der Waals surface area contributed by atoms with Crippen LogP contribution >= 0.6 is 0 Å². The summed E-state index contributed by atoms with van der Waals surface area (Å²) in [5, 5.41) is 9.63. The van der Waals surface area contributed by atoms with E-state index in [2.05, 4.69) is 9.47 Å². The van der Waals surface area contributed by atoms with Crippen LogP contribution in [0.25, 0.3) is 0 Å². The smallest absolute Gasteiger partial charge is 0.387 e. The van der Waals surface area contributed by atoms with E-state index in [-0.39, 0.29) is 16.9 Å². The largest absolute Gasteiger partial charge is 0.504 e. The van der Waals surface area contributed by atoms with Crippen LogP contribution in [0.4, 0.5) is 8.78 Å². The number of hydrogen-bond acceptors (Lipinski definition) is 4. The third-order valence-electron chi connectivity index (χ3n) is 2.31. The number of carbonyl (C=O) groups excluding carboxylic acids is 1. The summed E-state index contributed by atoms with van der Waals surface area (Å²) in [6, 6.07) is 1.17. The normalized spacial score (nSPS) is 10.5. The van der Waals surface area contributed by atoms with E-state index < -0.39 is 18.3 Å². The Morgan fingerprint density at radius 3 is 2.47 bits per heavy atom. The van der Waals surface area contributed by atoms with Gasteiger partial charge in [0.25, 0.3) is 0 Å². The Kier molecular flexibility index (Phi) is 3.88. The highest BCUT2D eigenvalue weighted by Gasteiger charge is 2.20. The number of halogens is 2. The second-order valence-corrected chi connectivity index (χ2v) is 3.41. The molecule has 1 rings (SSSR count). The number of aromatic hydroxyl groups is 1. The summed E-state index contributed by atoms with van der Waals surface area (Å²) < 4.78 is 32.8. The van der Waals surface area contributed by atoms with Crippen LogP contribution in [0, 0.1) is 13.8 Å². The minimum absolute atomic E-state index is 0.145. The molecular formula is C11H12F2O4. The van der Waals surface area contributed by atoms with E-state index in [1.54, 1.807) is 0 Å². The first-order valence-electron chi connectivity index (χ1n) is 4.74. The molecule has 0 saturated carbocycles. The van der Waals surface area contributed by atoms with Crippen LogP contribution in [0.15, 0.2) is 6.07 Å². The minimum atomic E-state index is -3.04. The molecule has 17 heavy (non-hydrogen) atoms. The Labute approximate surface area is 96.8 Å². The number of carbonyl (C=O) groups is 1. The van der Waals surface area contributed by atoms with E-state index in [0.717, 1.165) is 0 Å². The standard InChI is InChI=1S/C11H12F2O4/c1-5-4-7(17-11(12)13)9(14)6(2)8(5)10(15)16-3/h4,11,14H,1-3H3. The highest BCUT2D eigenvalue weighted by atomic mass is 19.3. The molecule has 0 saturated heterocycles. The van der Waals surface area contributed by atoms with Crippen LogP contribution in [0.5, 0.6) is 11.5 Å². The highest BCUT2D eigenvalue weighted by molar-refractivity contribution is 5.93. The van der Waals surface area contributed by atoms with Gasteiger partial charge in [0, 0.05) is 5.56 Å². The molecule has 0 heterocycles. The van der Waals surface area contributed by atoms with E-state index in [1.165, 1.54) is 27.0 Å². The molecule has 0 unspecified atom stereocenters. The molecule has 0 aliphatic rings. The van der Waals surface area contributed by atoms with E-state index in [1.807, 2.05) is 0 Å². The minimum Gasteiger partial charge on any atom is -0.504 e. The van der Waals surface area contributed by atoms with Crippen LogP contribution in [0.1, 0.15) is 21.5 Å². The SMILES string of the molecule is COC(=O)c1c(C)cc(OC(F)F)c(O)c1C. The summed E-state index contributed by atoms with van der Waals surface area (Å²) >= 11 is 0. The number of benzene rings is 1. The fourth-order valence-corrected chi connectivity index (χ4v) is 1.54. The van der Waals surface area contributed by atoms with Gasteiger partial charge in [-0.1, -0.05) is 0 Å². The molecule has 6 heteroatoms. The maximum absolute atomic E-state index is 12.1. The Morgan fingerprint density at radius 2 is 2.00 bits per heavy atom. The molecular weight excluding hydrogens is 234 g/mol. The molecule has 0 spiro atoms. The van der Waals surface area contributed by atoms with E-state index >= 15 is 0 Å². The van der Waals surface area contributed by atoms with Gasteiger partial charge in [-0.25, -0.2) is 4.79 Å². The predicted molar refractivity (Wildman–Crippen MR) is 55.6 cm³/mol. The van der Waals surface area contributed by atoms with Gasteiger partial charge in [-0.15, -0.1) is 0 Å². The maximum atomic E-state index is 12.1. The van der Waals surface area contributed by atoms with Crippen LogP contribution in [0.3, 0.4) is 0 Å². The first kappa shape index (κ1) is 13.2. The average Bonchev–Trinajstić information content (AvgIpc) is 2.24. The van der Waals surface area contributed by atoms with Crippen molar-refractivity contribution in [3.8, 4) is 11.5 Å². The van der Waals surface area contributed by atoms with Crippen LogP contribution in [-0.4, -0.2) is 24.8 Å². The van der Waals surface area contributed by atoms with Crippen molar-refractivity contribution < 1.29 is 28.2 Å². The Bertz CT molecular complexity index is 444. The number of hydrogen-bond donors (Lipinski definition) is 1. The van der Waals surface area contributed by atoms with Gasteiger partial charge < -0.3 is 14.6 Å². The van der Waals surface area contributed by atoms with Crippen molar-refractivity contribution in [2.45, 2.75) is 20.5 Å². The second kappa shape index (κ2) is 4.99. The zero-order valence-corrected chi connectivity index (χ0v) is 9.58. The fourth-order valence-electron chi connectivity index (χ4n) is 1.54. The maximum Gasteiger partial charge on any atom is 0.387 e. The van der Waals surface area contributed by atoms with Crippen LogP contribution in [-0.2, 0) is 4.74 Å². The van der Waals surface area contributed by atoms with Crippen molar-refractivity contribution in [2.24, 2.45) is 0 Å². The van der Waals surface area contributed by atoms with E-state index in [4.69, 9.17) is 0 Å². The second-order valence-electron chi connectivity index (χ2n) is 3.41. The monoisotopic (exact) mass is 246 g/mol. The van der Waals surface area contributed by atoms with Crippen molar-refractivity contribution in [1.29, 1.82) is 0 Å². The van der Waals surface area contributed by atoms with Gasteiger partial charge in [-0.3, -0.25) is 0 Å². The molecule has 1 N–H and O–H groups in total. The van der Waals surface area contributed by atoms with Crippen molar-refractivity contribution in [2.75, 3.05) is 7.11 Å². The molecule has 0 aliphatic carbocycles. The molecule has 0 radical (unpaired) electrons. The van der Waals surface area contributed by atoms with Gasteiger partial charge >= 0.3 is 12.6 Å². The fraction of sp³-hybridized carbons (Fsp3) is 0.364. The first-order valence-corrected chi connectivity index (χ1v) is 4.74. The van der Waals surface area contributed by atoms with Gasteiger partial charge in [-0.05, 0) is 25.5 Å². The van der Waals surface area contributed by atoms with Crippen molar-refractivity contribution in [3.05, 3.63) is 22.8 Å². The molecule has 0 aromatic heterocycles. The summed E-state index contributed by atoms with van der Waals surface area (Å²) in [5.74, 6) is -1.49. The molecule has 0 fully saturated rings. The molecule has 0 bridgehead atoms. The van der Waals surface area contributed by atoms with Crippen LogP contribution < -0.4 is 4.74 Å². The molecule has 4 nitrogen and oxygen atoms in total. The zero-order chi connectivity index (χ0) is 13.2. The van der Waals surface area contributed by atoms with Gasteiger partial charge in [0.15, 0.2) is 11.5 Å². The number of alkyl halides is 2. The summed E-state index contributed by atoms with van der Waals surface area (Å²) in [7, 11) is 1.20. The highest BCUT2D eigenvalue weighted by Crippen LogP contribution is 2.35. The average molecular weight is 246 g/mol. The number of aryl methyl sites for hydroxylation is 1. The quantitative estimate of drug-likeness (QED) is 0.832. The molecule has 0 atom stereocenters. The molecule has 0 aliphatic heterocycles. The molecule has 0 amide bonds. The van der Waals surface area contributed by atoms with Crippen molar-refractivity contribution in [1.82, 2.24) is 0 Å². The lowest BCUT2D eigenvalue weighted by Crippen LogP contribution is -2.09. The summed E-state index contributed by atoms with van der Waals surface area (Å²) in [4.78, 5) is 11.4. The Balaban J connectivity index is 3.31. The van der Waals surface area contributed by atoms with Crippen LogP contribution in [0.2, 0.25) is 0 Å². The third-order valence-corrected chi connectivity index (χ3v) is 2.31. The summed E-state index contributed by atoms with van der Waals surface area (Å²) in [5.41, 5.74) is 0.682. The lowest BCUT2D eigenvalue weighted by Gasteiger charge is -2.14. The molecule has 94 valence electrons. The third kappa shape index (κ3) is 2.64. The number of esters is 1. The van der Waals surface area contributed by atoms with E-state index in [9.17, 15) is 18.7 Å². The van der Waals surface area contributed by atoms with Crippen molar-refractivity contribution >= 4 is 5.97 Å². The van der Waals surface area contributed by atoms with E-state index in [0.29, 0.717) is 5.56 Å². The first-order chi connectivity index (χ1) is 7.88. The van der Waals surface area contributed by atoms with Gasteiger partial charge in [-0.2, -0.15) is 8.78 Å². The summed E-state index contributed by atoms with van der Waals surface area (Å²) in [6.07, 6.45) is 0. The van der Waals surface area contributed by atoms with Crippen molar-refractivity contribution in [3.63, 3.8) is 0 Å². The van der Waals surface area contributed by atoms with Gasteiger partial charge in [0.1, 0.15) is 0 Å². The van der Waals surface area contributed by atoms with Gasteiger partial charge in [0.05, 0.1) is 12.7 Å². The topological polar surface area (TPSA) is 55.8 Å². The van der Waals surface area contributed by atoms with Gasteiger partial charge in [0.2, 0.25) is 0 Å². The zero-order valence-electron chi connectivity index (χ0n) is 9.58. The number of phenolic OH excluding ortho intramolecular Hbond substituents is 1. The number of ether oxygens (including phenoxy) is 2. The number of rotatable bonds is 3. The Hall–Kier alpha value is -1.85. The molecule has 1 aromatic rings. The summed E-state index contributed by atoms with van der Waals surface area (Å²) in [6.45, 7) is -0.0760. The predicted octanol–water partition coefficient (Wildman–Crippen LogP) is 2.40.